The van der Waals surface area contributed by atoms with E-state index < -0.39 is 0 Å². The Morgan fingerprint density at radius 1 is 1.06 bits per heavy atom. The Balaban J connectivity index is 1.31. The van der Waals surface area contributed by atoms with Crippen molar-refractivity contribution in [2.24, 2.45) is 0 Å². The summed E-state index contributed by atoms with van der Waals surface area (Å²) in [6.45, 7) is 10.9. The van der Waals surface area contributed by atoms with Crippen LogP contribution in [0.4, 0.5) is 17.6 Å². The van der Waals surface area contributed by atoms with E-state index >= 15 is 0 Å². The van der Waals surface area contributed by atoms with Crippen molar-refractivity contribution < 1.29 is 9.53 Å². The molecule has 9 heteroatoms. The molecule has 4 heterocycles. The number of rotatable bonds is 4. The molecular formula is C25H31N7O2. The molecule has 178 valence electrons. The fourth-order valence-electron chi connectivity index (χ4n) is 4.33. The van der Waals surface area contributed by atoms with Crippen LogP contribution in [0.5, 0.6) is 0 Å². The predicted octanol–water partition coefficient (Wildman–Crippen LogP) is 3.15. The van der Waals surface area contributed by atoms with E-state index in [4.69, 9.17) is 9.72 Å². The first-order valence-electron chi connectivity index (χ1n) is 11.8. The second-order valence-corrected chi connectivity index (χ2v) is 9.80. The highest BCUT2D eigenvalue weighted by Crippen LogP contribution is 2.28. The van der Waals surface area contributed by atoms with Crippen LogP contribution in [-0.4, -0.2) is 58.9 Å². The quantitative estimate of drug-likeness (QED) is 0.616. The third-order valence-corrected chi connectivity index (χ3v) is 6.42. The highest BCUT2D eigenvalue weighted by atomic mass is 16.5. The summed E-state index contributed by atoms with van der Waals surface area (Å²) in [5, 5.41) is 10.5. The lowest BCUT2D eigenvalue weighted by Gasteiger charge is -2.30. The van der Waals surface area contributed by atoms with Crippen molar-refractivity contribution in [3.05, 3.63) is 58.9 Å². The van der Waals surface area contributed by atoms with E-state index in [0.717, 1.165) is 49.1 Å². The normalized spacial score (nSPS) is 16.3. The smallest absolute Gasteiger partial charge is 0.256 e. The molecule has 9 nitrogen and oxygen atoms in total. The maximum Gasteiger partial charge on any atom is 0.256 e. The lowest BCUT2D eigenvalue weighted by atomic mass is 9.87. The van der Waals surface area contributed by atoms with Gasteiger partial charge < -0.3 is 19.9 Å². The summed E-state index contributed by atoms with van der Waals surface area (Å²) < 4.78 is 5.44. The number of hydrogen-bond donors (Lipinski definition) is 2. The molecule has 2 N–H and O–H groups in total. The molecule has 34 heavy (non-hydrogen) atoms. The molecule has 5 rings (SSSR count). The van der Waals surface area contributed by atoms with Gasteiger partial charge in [0.15, 0.2) is 5.82 Å². The van der Waals surface area contributed by atoms with Crippen LogP contribution >= 0.6 is 0 Å². The molecule has 3 aromatic rings. The summed E-state index contributed by atoms with van der Waals surface area (Å²) in [7, 11) is 0. The van der Waals surface area contributed by atoms with Crippen molar-refractivity contribution in [2.75, 3.05) is 48.0 Å². The van der Waals surface area contributed by atoms with Gasteiger partial charge in [0.1, 0.15) is 5.82 Å². The number of carbonyl (C=O) groups excluding carboxylic acids is 1. The summed E-state index contributed by atoms with van der Waals surface area (Å²) in [5.74, 6) is 2.01. The molecule has 0 bridgehead atoms. The Labute approximate surface area is 199 Å². The van der Waals surface area contributed by atoms with E-state index in [-0.39, 0.29) is 11.3 Å². The third kappa shape index (κ3) is 4.61. The highest BCUT2D eigenvalue weighted by Gasteiger charge is 2.25. The number of amides is 1. The summed E-state index contributed by atoms with van der Waals surface area (Å²) in [6.07, 6.45) is 2.61. The van der Waals surface area contributed by atoms with Gasteiger partial charge in [0, 0.05) is 55.6 Å². The molecule has 2 aliphatic heterocycles. The molecule has 0 unspecified atom stereocenters. The van der Waals surface area contributed by atoms with E-state index in [9.17, 15) is 4.79 Å². The van der Waals surface area contributed by atoms with Gasteiger partial charge in [-0.1, -0.05) is 32.9 Å². The Bertz CT molecular complexity index is 1160. The van der Waals surface area contributed by atoms with Gasteiger partial charge >= 0.3 is 0 Å². The molecule has 2 aliphatic rings. The Morgan fingerprint density at radius 2 is 1.82 bits per heavy atom. The molecule has 1 saturated heterocycles. The largest absolute Gasteiger partial charge is 0.378 e. The van der Waals surface area contributed by atoms with Crippen LogP contribution in [-0.2, 0) is 23.1 Å². The van der Waals surface area contributed by atoms with Gasteiger partial charge in [-0.25, -0.2) is 4.98 Å². The standard InChI is InChI=1S/C25H31N7O2/c1-25(2,3)18-6-4-17(5-7-18)23(33)28-22-19-16-32(11-9-20(19)29-30-22)21-8-10-26-24(27-21)31-12-14-34-15-13-31/h4-8,10H,9,11-16H2,1-3H3,(H2,28,29,30,33). The van der Waals surface area contributed by atoms with Crippen LogP contribution in [0, 0.1) is 0 Å². The van der Waals surface area contributed by atoms with Crippen LogP contribution < -0.4 is 15.1 Å². The lowest BCUT2D eigenvalue weighted by molar-refractivity contribution is 0.102. The number of H-pyrrole nitrogens is 1. The number of aromatic amines is 1. The average Bonchev–Trinajstić information content (AvgIpc) is 3.26. The molecule has 0 saturated carbocycles. The Morgan fingerprint density at radius 3 is 2.56 bits per heavy atom. The van der Waals surface area contributed by atoms with Crippen LogP contribution in [0.1, 0.15) is 48.0 Å². The molecule has 2 aromatic heterocycles. The number of nitrogens with one attached hydrogen (secondary N) is 2. The van der Waals surface area contributed by atoms with E-state index in [1.54, 1.807) is 0 Å². The summed E-state index contributed by atoms with van der Waals surface area (Å²) in [6, 6.07) is 9.70. The average molecular weight is 462 g/mol. The maximum absolute atomic E-state index is 12.9. The van der Waals surface area contributed by atoms with E-state index in [1.807, 2.05) is 36.5 Å². The molecule has 0 radical (unpaired) electrons. The number of fused-ring (bicyclic) bond motifs is 1. The number of morpholine rings is 1. The number of carbonyl (C=O) groups is 1. The molecule has 1 fully saturated rings. The molecule has 0 atom stereocenters. The molecule has 0 aliphatic carbocycles. The predicted molar refractivity (Wildman–Crippen MR) is 132 cm³/mol. The number of nitrogens with zero attached hydrogens (tertiary/aromatic N) is 5. The lowest BCUT2D eigenvalue weighted by Crippen LogP contribution is -2.38. The fraction of sp³-hybridized carbons (Fsp3) is 0.440. The summed E-state index contributed by atoms with van der Waals surface area (Å²) in [5.41, 5.74) is 3.90. The minimum atomic E-state index is -0.163. The zero-order valence-corrected chi connectivity index (χ0v) is 20.0. The van der Waals surface area contributed by atoms with Gasteiger partial charge in [-0.05, 0) is 29.2 Å². The van der Waals surface area contributed by atoms with Crippen LogP contribution in [0.25, 0.3) is 0 Å². The van der Waals surface area contributed by atoms with Gasteiger partial charge in [0.05, 0.1) is 13.2 Å². The first-order valence-corrected chi connectivity index (χ1v) is 11.8. The maximum atomic E-state index is 12.9. The van der Waals surface area contributed by atoms with Crippen molar-refractivity contribution in [2.45, 2.75) is 39.2 Å². The monoisotopic (exact) mass is 461 g/mol. The van der Waals surface area contributed by atoms with Crippen LogP contribution in [0.3, 0.4) is 0 Å². The zero-order valence-electron chi connectivity index (χ0n) is 20.0. The summed E-state index contributed by atoms with van der Waals surface area (Å²) in [4.78, 5) is 26.5. The van der Waals surface area contributed by atoms with E-state index in [1.165, 1.54) is 5.56 Å². The van der Waals surface area contributed by atoms with Crippen LogP contribution in [0.2, 0.25) is 0 Å². The van der Waals surface area contributed by atoms with Gasteiger partial charge in [-0.15, -0.1) is 0 Å². The number of benzene rings is 1. The Hall–Kier alpha value is -3.46. The van der Waals surface area contributed by atoms with E-state index in [0.29, 0.717) is 31.1 Å². The fourth-order valence-corrected chi connectivity index (χ4v) is 4.33. The Kier molecular flexibility index (Phi) is 5.95. The minimum absolute atomic E-state index is 0.0440. The van der Waals surface area contributed by atoms with Gasteiger partial charge in [0.25, 0.3) is 5.91 Å². The molecular weight excluding hydrogens is 430 g/mol. The van der Waals surface area contributed by atoms with Gasteiger partial charge in [-0.2, -0.15) is 10.1 Å². The van der Waals surface area contributed by atoms with E-state index in [2.05, 4.69) is 51.1 Å². The van der Waals surface area contributed by atoms with Crippen molar-refractivity contribution >= 4 is 23.5 Å². The number of hydrogen-bond acceptors (Lipinski definition) is 7. The number of anilines is 3. The van der Waals surface area contributed by atoms with Gasteiger partial charge in [0.2, 0.25) is 5.95 Å². The second-order valence-electron chi connectivity index (χ2n) is 9.80. The highest BCUT2D eigenvalue weighted by molar-refractivity contribution is 6.04. The topological polar surface area (TPSA) is 99.3 Å². The SMILES string of the molecule is CC(C)(C)c1ccc(C(=O)Nc2n[nH]c3c2CN(c2ccnc(N4CCOCC4)n2)CC3)cc1. The van der Waals surface area contributed by atoms with Crippen molar-refractivity contribution in [3.8, 4) is 0 Å². The molecule has 1 amide bonds. The molecule has 1 aromatic carbocycles. The summed E-state index contributed by atoms with van der Waals surface area (Å²) >= 11 is 0. The van der Waals surface area contributed by atoms with Crippen molar-refractivity contribution in [1.82, 2.24) is 20.2 Å². The molecule has 0 spiro atoms. The number of ether oxygens (including phenoxy) is 1. The van der Waals surface area contributed by atoms with Crippen molar-refractivity contribution in [3.63, 3.8) is 0 Å². The third-order valence-electron chi connectivity index (χ3n) is 6.42. The minimum Gasteiger partial charge on any atom is -0.378 e. The first-order chi connectivity index (χ1) is 16.4. The first kappa shape index (κ1) is 22.3. The number of aromatic nitrogens is 4. The van der Waals surface area contributed by atoms with Crippen molar-refractivity contribution in [1.29, 1.82) is 0 Å². The zero-order chi connectivity index (χ0) is 23.7. The second kappa shape index (κ2) is 9.06. The van der Waals surface area contributed by atoms with Gasteiger partial charge in [-0.3, -0.25) is 9.89 Å². The van der Waals surface area contributed by atoms with Crippen LogP contribution in [0.15, 0.2) is 36.5 Å².